The molecule has 0 bridgehead atoms. The number of hydrogen-bond acceptors (Lipinski definition) is 3. The van der Waals surface area contributed by atoms with Crippen LogP contribution in [0, 0.1) is 0 Å². The highest BCUT2D eigenvalue weighted by Crippen LogP contribution is 2.37. The van der Waals surface area contributed by atoms with Gasteiger partial charge in [-0.1, -0.05) is 11.6 Å². The topological polar surface area (TPSA) is 50.8 Å². The standard InChI is InChI=1S/C14H17ClN2O3/c15-11-7-10(9-16-14(18)17-3-1-4-17)8-12-13(11)20-6-2-5-19-12/h7-8H,1-6,9H2,(H,16,18). The van der Waals surface area contributed by atoms with Crippen LogP contribution < -0.4 is 14.8 Å². The summed E-state index contributed by atoms with van der Waals surface area (Å²) in [6, 6.07) is 3.66. The predicted molar refractivity (Wildman–Crippen MR) is 75.5 cm³/mol. The Morgan fingerprint density at radius 3 is 2.80 bits per heavy atom. The average molecular weight is 297 g/mol. The van der Waals surface area contributed by atoms with Gasteiger partial charge in [-0.2, -0.15) is 0 Å². The second kappa shape index (κ2) is 5.79. The summed E-state index contributed by atoms with van der Waals surface area (Å²) < 4.78 is 11.2. The molecule has 2 heterocycles. The zero-order valence-corrected chi connectivity index (χ0v) is 11.9. The molecule has 1 aromatic carbocycles. The van der Waals surface area contributed by atoms with Crippen molar-refractivity contribution in [2.24, 2.45) is 0 Å². The van der Waals surface area contributed by atoms with Gasteiger partial charge in [-0.3, -0.25) is 0 Å². The van der Waals surface area contributed by atoms with Crippen LogP contribution in [0.5, 0.6) is 11.5 Å². The zero-order chi connectivity index (χ0) is 13.9. The molecule has 1 fully saturated rings. The second-order valence-corrected chi connectivity index (χ2v) is 5.36. The van der Waals surface area contributed by atoms with E-state index >= 15 is 0 Å². The Morgan fingerprint density at radius 1 is 1.25 bits per heavy atom. The van der Waals surface area contributed by atoms with Crippen LogP contribution in [-0.2, 0) is 6.54 Å². The smallest absolute Gasteiger partial charge is 0.317 e. The molecule has 1 saturated heterocycles. The first-order valence-corrected chi connectivity index (χ1v) is 7.22. The maximum atomic E-state index is 11.8. The molecular weight excluding hydrogens is 280 g/mol. The van der Waals surface area contributed by atoms with Crippen LogP contribution in [0.25, 0.3) is 0 Å². The Bertz CT molecular complexity index is 517. The lowest BCUT2D eigenvalue weighted by molar-refractivity contribution is 0.167. The number of hydrogen-bond donors (Lipinski definition) is 1. The quantitative estimate of drug-likeness (QED) is 0.912. The molecule has 0 radical (unpaired) electrons. The van der Waals surface area contributed by atoms with Crippen LogP contribution >= 0.6 is 11.6 Å². The number of likely N-dealkylation sites (tertiary alicyclic amines) is 1. The molecule has 5 nitrogen and oxygen atoms in total. The lowest BCUT2D eigenvalue weighted by Gasteiger charge is -2.30. The Kier molecular flexibility index (Phi) is 3.87. The van der Waals surface area contributed by atoms with Crippen molar-refractivity contribution in [3.05, 3.63) is 22.7 Å². The van der Waals surface area contributed by atoms with Crippen LogP contribution in [-0.4, -0.2) is 37.2 Å². The minimum Gasteiger partial charge on any atom is -0.489 e. The van der Waals surface area contributed by atoms with Crippen molar-refractivity contribution in [1.29, 1.82) is 0 Å². The van der Waals surface area contributed by atoms with Gasteiger partial charge in [0.2, 0.25) is 0 Å². The van der Waals surface area contributed by atoms with E-state index in [0.717, 1.165) is 31.5 Å². The van der Waals surface area contributed by atoms with Gasteiger partial charge in [0, 0.05) is 26.1 Å². The molecule has 108 valence electrons. The Hall–Kier alpha value is -1.62. The highest BCUT2D eigenvalue weighted by Gasteiger charge is 2.20. The van der Waals surface area contributed by atoms with Gasteiger partial charge in [0.15, 0.2) is 11.5 Å². The molecule has 2 aliphatic rings. The van der Waals surface area contributed by atoms with E-state index in [2.05, 4.69) is 5.32 Å². The number of ether oxygens (including phenoxy) is 2. The zero-order valence-electron chi connectivity index (χ0n) is 11.2. The van der Waals surface area contributed by atoms with E-state index < -0.39 is 0 Å². The summed E-state index contributed by atoms with van der Waals surface area (Å²) in [5, 5.41) is 3.41. The molecule has 3 rings (SSSR count). The minimum absolute atomic E-state index is 0.0283. The number of urea groups is 1. The lowest BCUT2D eigenvalue weighted by atomic mass is 10.2. The molecule has 1 N–H and O–H groups in total. The molecule has 2 aliphatic heterocycles. The first kappa shape index (κ1) is 13.4. The van der Waals surface area contributed by atoms with Gasteiger partial charge in [-0.05, 0) is 24.1 Å². The largest absolute Gasteiger partial charge is 0.489 e. The van der Waals surface area contributed by atoms with Crippen LogP contribution in [0.4, 0.5) is 4.79 Å². The number of nitrogens with zero attached hydrogens (tertiary/aromatic N) is 1. The van der Waals surface area contributed by atoms with Crippen molar-refractivity contribution in [3.8, 4) is 11.5 Å². The summed E-state index contributed by atoms with van der Waals surface area (Å²) in [6.07, 6.45) is 1.93. The molecule has 0 aliphatic carbocycles. The summed E-state index contributed by atoms with van der Waals surface area (Å²) in [5.41, 5.74) is 0.910. The van der Waals surface area contributed by atoms with E-state index in [-0.39, 0.29) is 6.03 Å². The highest BCUT2D eigenvalue weighted by atomic mass is 35.5. The Morgan fingerprint density at radius 2 is 2.05 bits per heavy atom. The Labute approximate surface area is 122 Å². The average Bonchev–Trinajstić information content (AvgIpc) is 2.60. The SMILES string of the molecule is O=C(NCc1cc(Cl)c2c(c1)OCCCO2)N1CCC1. The molecule has 0 spiro atoms. The van der Waals surface area contributed by atoms with Crippen molar-refractivity contribution >= 4 is 17.6 Å². The molecule has 2 amide bonds. The van der Waals surface area contributed by atoms with E-state index in [4.69, 9.17) is 21.1 Å². The number of nitrogens with one attached hydrogen (secondary N) is 1. The van der Waals surface area contributed by atoms with E-state index in [1.54, 1.807) is 4.90 Å². The van der Waals surface area contributed by atoms with Gasteiger partial charge in [0.25, 0.3) is 0 Å². The van der Waals surface area contributed by atoms with E-state index in [1.807, 2.05) is 12.1 Å². The van der Waals surface area contributed by atoms with Crippen molar-refractivity contribution in [1.82, 2.24) is 10.2 Å². The molecular formula is C14H17ClN2O3. The summed E-state index contributed by atoms with van der Waals surface area (Å²) in [4.78, 5) is 13.5. The predicted octanol–water partition coefficient (Wildman–Crippen LogP) is 2.42. The Balaban J connectivity index is 1.68. The molecule has 0 atom stereocenters. The number of halogens is 1. The van der Waals surface area contributed by atoms with Crippen molar-refractivity contribution in [2.45, 2.75) is 19.4 Å². The maximum absolute atomic E-state index is 11.8. The minimum atomic E-state index is -0.0283. The van der Waals surface area contributed by atoms with E-state index in [0.29, 0.717) is 36.3 Å². The molecule has 0 aromatic heterocycles. The van der Waals surface area contributed by atoms with Gasteiger partial charge < -0.3 is 19.7 Å². The number of benzene rings is 1. The van der Waals surface area contributed by atoms with Gasteiger partial charge in [0.1, 0.15) is 0 Å². The number of carbonyl (C=O) groups excluding carboxylic acids is 1. The molecule has 6 heteroatoms. The summed E-state index contributed by atoms with van der Waals surface area (Å²) in [7, 11) is 0. The maximum Gasteiger partial charge on any atom is 0.317 e. The number of amides is 2. The van der Waals surface area contributed by atoms with Crippen LogP contribution in [0.1, 0.15) is 18.4 Å². The fraction of sp³-hybridized carbons (Fsp3) is 0.500. The molecule has 0 unspecified atom stereocenters. The third kappa shape index (κ3) is 2.77. The fourth-order valence-corrected chi connectivity index (χ4v) is 2.48. The van der Waals surface area contributed by atoms with Crippen molar-refractivity contribution in [3.63, 3.8) is 0 Å². The van der Waals surface area contributed by atoms with E-state index in [1.165, 1.54) is 0 Å². The van der Waals surface area contributed by atoms with Gasteiger partial charge in [0.05, 0.1) is 18.2 Å². The van der Waals surface area contributed by atoms with Crippen LogP contribution in [0.3, 0.4) is 0 Å². The number of carbonyl (C=O) groups is 1. The third-order valence-electron chi connectivity index (χ3n) is 3.45. The summed E-state index contributed by atoms with van der Waals surface area (Å²) >= 11 is 6.21. The summed E-state index contributed by atoms with van der Waals surface area (Å²) in [5.74, 6) is 1.25. The molecule has 1 aromatic rings. The third-order valence-corrected chi connectivity index (χ3v) is 3.73. The first-order chi connectivity index (χ1) is 9.74. The van der Waals surface area contributed by atoms with Crippen molar-refractivity contribution < 1.29 is 14.3 Å². The van der Waals surface area contributed by atoms with Crippen LogP contribution in [0.2, 0.25) is 5.02 Å². The summed E-state index contributed by atoms with van der Waals surface area (Å²) in [6.45, 7) is 3.35. The lowest BCUT2D eigenvalue weighted by Crippen LogP contribution is -2.47. The number of rotatable bonds is 2. The normalized spacial score (nSPS) is 17.1. The fourth-order valence-electron chi connectivity index (χ4n) is 2.20. The van der Waals surface area contributed by atoms with Crippen molar-refractivity contribution in [2.75, 3.05) is 26.3 Å². The molecule has 20 heavy (non-hydrogen) atoms. The van der Waals surface area contributed by atoms with Crippen LogP contribution in [0.15, 0.2) is 12.1 Å². The van der Waals surface area contributed by atoms with E-state index in [9.17, 15) is 4.79 Å². The van der Waals surface area contributed by atoms with Gasteiger partial charge in [-0.15, -0.1) is 0 Å². The second-order valence-electron chi connectivity index (χ2n) is 4.95. The first-order valence-electron chi connectivity index (χ1n) is 6.85. The molecule has 0 saturated carbocycles. The highest BCUT2D eigenvalue weighted by molar-refractivity contribution is 6.32. The van der Waals surface area contributed by atoms with Gasteiger partial charge in [-0.25, -0.2) is 4.79 Å². The number of fused-ring (bicyclic) bond motifs is 1. The van der Waals surface area contributed by atoms with Gasteiger partial charge >= 0.3 is 6.03 Å². The monoisotopic (exact) mass is 296 g/mol.